The van der Waals surface area contributed by atoms with Crippen LogP contribution in [0.25, 0.3) is 0 Å². The number of rotatable bonds is 4. The van der Waals surface area contributed by atoms with Crippen LogP contribution in [-0.2, 0) is 4.74 Å². The van der Waals surface area contributed by atoms with E-state index in [9.17, 15) is 0 Å². The first kappa shape index (κ1) is 10.0. The van der Waals surface area contributed by atoms with Crippen LogP contribution in [0.1, 0.15) is 33.1 Å². The van der Waals surface area contributed by atoms with E-state index in [-0.39, 0.29) is 0 Å². The molecule has 1 atom stereocenters. The maximum Gasteiger partial charge on any atom is 0.0518 e. The van der Waals surface area contributed by atoms with Crippen molar-refractivity contribution in [3.63, 3.8) is 0 Å². The zero-order valence-electron chi connectivity index (χ0n) is 8.55. The molecule has 0 aromatic carbocycles. The van der Waals surface area contributed by atoms with Gasteiger partial charge in [0.1, 0.15) is 0 Å². The van der Waals surface area contributed by atoms with E-state index in [1.165, 1.54) is 25.8 Å². The van der Waals surface area contributed by atoms with Gasteiger partial charge in [-0.3, -0.25) is 0 Å². The fourth-order valence-corrected chi connectivity index (χ4v) is 1.78. The van der Waals surface area contributed by atoms with E-state index in [1.807, 2.05) is 0 Å². The molecule has 0 spiro atoms. The van der Waals surface area contributed by atoms with Gasteiger partial charge in [0.05, 0.1) is 6.10 Å². The average molecular weight is 171 g/mol. The Morgan fingerprint density at radius 3 is 2.75 bits per heavy atom. The number of hydrogen-bond acceptors (Lipinski definition) is 2. The van der Waals surface area contributed by atoms with Crippen LogP contribution in [0.2, 0.25) is 0 Å². The Morgan fingerprint density at radius 1 is 1.50 bits per heavy atom. The van der Waals surface area contributed by atoms with Gasteiger partial charge in [-0.2, -0.15) is 0 Å². The first-order valence-electron chi connectivity index (χ1n) is 5.02. The van der Waals surface area contributed by atoms with Gasteiger partial charge in [0.25, 0.3) is 0 Å². The lowest BCUT2D eigenvalue weighted by Gasteiger charge is -2.19. The Labute approximate surface area is 75.9 Å². The van der Waals surface area contributed by atoms with E-state index < -0.39 is 0 Å². The van der Waals surface area contributed by atoms with Crippen LogP contribution >= 0.6 is 0 Å². The van der Waals surface area contributed by atoms with E-state index in [0.717, 1.165) is 12.6 Å². The molecule has 1 fully saturated rings. The molecule has 2 nitrogen and oxygen atoms in total. The third-order valence-electron chi connectivity index (χ3n) is 2.57. The molecular formula is C10H21NO. The normalized spacial score (nSPS) is 25.5. The van der Waals surface area contributed by atoms with Gasteiger partial charge in [-0.1, -0.05) is 0 Å². The summed E-state index contributed by atoms with van der Waals surface area (Å²) in [6, 6.07) is 0.781. The van der Waals surface area contributed by atoms with Crippen molar-refractivity contribution in [3.05, 3.63) is 0 Å². The molecule has 0 saturated carbocycles. The smallest absolute Gasteiger partial charge is 0.0518 e. The minimum absolute atomic E-state index is 0.386. The fraction of sp³-hybridized carbons (Fsp3) is 1.00. The topological polar surface area (TPSA) is 12.5 Å². The number of likely N-dealkylation sites (tertiary alicyclic amines) is 1. The molecule has 0 unspecified atom stereocenters. The molecule has 1 rings (SSSR count). The molecule has 1 aliphatic heterocycles. The third-order valence-corrected chi connectivity index (χ3v) is 2.57. The highest BCUT2D eigenvalue weighted by atomic mass is 16.5. The summed E-state index contributed by atoms with van der Waals surface area (Å²) in [6.45, 7) is 6.38. The Hall–Kier alpha value is -0.0800. The minimum atomic E-state index is 0.386. The van der Waals surface area contributed by atoms with Crippen LogP contribution < -0.4 is 0 Å². The van der Waals surface area contributed by atoms with Crippen LogP contribution in [0.3, 0.4) is 0 Å². The molecule has 0 aliphatic carbocycles. The molecule has 72 valence electrons. The third kappa shape index (κ3) is 3.11. The Bertz CT molecular complexity index is 125. The standard InChI is InChI=1S/C10H21NO/c1-9(2)12-8-6-10-5-4-7-11(10)3/h9-10H,4-8H2,1-3H3/t10-/m0/s1. The summed E-state index contributed by atoms with van der Waals surface area (Å²) in [5, 5.41) is 0. The first-order valence-corrected chi connectivity index (χ1v) is 5.02. The molecule has 0 radical (unpaired) electrons. The van der Waals surface area contributed by atoms with E-state index >= 15 is 0 Å². The van der Waals surface area contributed by atoms with Gasteiger partial charge >= 0.3 is 0 Å². The van der Waals surface area contributed by atoms with Crippen LogP contribution in [0.5, 0.6) is 0 Å². The molecule has 1 aliphatic rings. The van der Waals surface area contributed by atoms with Gasteiger partial charge in [0, 0.05) is 12.6 Å². The average Bonchev–Trinajstić information content (AvgIpc) is 2.36. The van der Waals surface area contributed by atoms with Crippen molar-refractivity contribution < 1.29 is 4.74 Å². The van der Waals surface area contributed by atoms with Gasteiger partial charge in [-0.05, 0) is 46.7 Å². The van der Waals surface area contributed by atoms with Gasteiger partial charge in [0.2, 0.25) is 0 Å². The molecule has 0 aromatic heterocycles. The fourth-order valence-electron chi connectivity index (χ4n) is 1.78. The summed E-state index contributed by atoms with van der Waals surface area (Å²) in [5.74, 6) is 0. The lowest BCUT2D eigenvalue weighted by molar-refractivity contribution is 0.0652. The minimum Gasteiger partial charge on any atom is -0.379 e. The van der Waals surface area contributed by atoms with Crippen molar-refractivity contribution >= 4 is 0 Å². The Morgan fingerprint density at radius 2 is 2.25 bits per heavy atom. The molecule has 0 N–H and O–H groups in total. The summed E-state index contributed by atoms with van der Waals surface area (Å²) in [5.41, 5.74) is 0. The molecule has 0 amide bonds. The Balaban J connectivity index is 2.06. The second-order valence-corrected chi connectivity index (χ2v) is 3.98. The van der Waals surface area contributed by atoms with Crippen molar-refractivity contribution in [2.24, 2.45) is 0 Å². The second kappa shape index (κ2) is 4.83. The second-order valence-electron chi connectivity index (χ2n) is 3.98. The summed E-state index contributed by atoms with van der Waals surface area (Å²) < 4.78 is 5.53. The van der Waals surface area contributed by atoms with Gasteiger partial charge in [-0.25, -0.2) is 0 Å². The summed E-state index contributed by atoms with van der Waals surface area (Å²) in [7, 11) is 2.22. The van der Waals surface area contributed by atoms with E-state index in [2.05, 4.69) is 25.8 Å². The van der Waals surface area contributed by atoms with Crippen molar-refractivity contribution in [1.82, 2.24) is 4.90 Å². The summed E-state index contributed by atoms with van der Waals surface area (Å²) >= 11 is 0. The predicted octanol–water partition coefficient (Wildman–Crippen LogP) is 1.90. The van der Waals surface area contributed by atoms with E-state index in [4.69, 9.17) is 4.74 Å². The lowest BCUT2D eigenvalue weighted by Crippen LogP contribution is -2.26. The molecule has 2 heteroatoms. The quantitative estimate of drug-likeness (QED) is 0.640. The monoisotopic (exact) mass is 171 g/mol. The van der Waals surface area contributed by atoms with Gasteiger partial charge in [-0.15, -0.1) is 0 Å². The Kier molecular flexibility index (Phi) is 4.02. The number of hydrogen-bond donors (Lipinski definition) is 0. The van der Waals surface area contributed by atoms with Gasteiger partial charge < -0.3 is 9.64 Å². The van der Waals surface area contributed by atoms with E-state index in [0.29, 0.717) is 6.10 Å². The number of ether oxygens (including phenoxy) is 1. The summed E-state index contributed by atoms with van der Waals surface area (Å²) in [4.78, 5) is 2.45. The van der Waals surface area contributed by atoms with Crippen LogP contribution in [0, 0.1) is 0 Å². The van der Waals surface area contributed by atoms with Crippen molar-refractivity contribution in [1.29, 1.82) is 0 Å². The van der Waals surface area contributed by atoms with Crippen molar-refractivity contribution in [2.75, 3.05) is 20.2 Å². The largest absolute Gasteiger partial charge is 0.379 e. The van der Waals surface area contributed by atoms with Crippen molar-refractivity contribution in [2.45, 2.75) is 45.3 Å². The molecule has 0 aromatic rings. The molecule has 0 bridgehead atoms. The van der Waals surface area contributed by atoms with Gasteiger partial charge in [0.15, 0.2) is 0 Å². The van der Waals surface area contributed by atoms with E-state index in [1.54, 1.807) is 0 Å². The maximum absolute atomic E-state index is 5.53. The lowest BCUT2D eigenvalue weighted by atomic mass is 10.1. The van der Waals surface area contributed by atoms with Crippen LogP contribution in [-0.4, -0.2) is 37.2 Å². The highest BCUT2D eigenvalue weighted by molar-refractivity contribution is 4.75. The zero-order valence-corrected chi connectivity index (χ0v) is 8.55. The molecule has 1 saturated heterocycles. The molecule has 1 heterocycles. The number of nitrogens with zero attached hydrogens (tertiary/aromatic N) is 1. The highest BCUT2D eigenvalue weighted by Gasteiger charge is 2.19. The SMILES string of the molecule is CC(C)OCC[C@@H]1CCCN1C. The van der Waals surface area contributed by atoms with Crippen molar-refractivity contribution in [3.8, 4) is 0 Å². The molecule has 12 heavy (non-hydrogen) atoms. The van der Waals surface area contributed by atoms with Crippen LogP contribution in [0.15, 0.2) is 0 Å². The zero-order chi connectivity index (χ0) is 8.97. The molecular weight excluding hydrogens is 150 g/mol. The maximum atomic E-state index is 5.53. The predicted molar refractivity (Wildman–Crippen MR) is 51.4 cm³/mol. The highest BCUT2D eigenvalue weighted by Crippen LogP contribution is 2.17. The summed E-state index contributed by atoms with van der Waals surface area (Å²) in [6.07, 6.45) is 4.31. The first-order chi connectivity index (χ1) is 5.70. The van der Waals surface area contributed by atoms with Crippen LogP contribution in [0.4, 0.5) is 0 Å².